The van der Waals surface area contributed by atoms with Gasteiger partial charge in [-0.1, -0.05) is 20.8 Å². The summed E-state index contributed by atoms with van der Waals surface area (Å²) in [7, 11) is 0. The Labute approximate surface area is 107 Å². The van der Waals surface area contributed by atoms with Crippen LogP contribution in [-0.2, 0) is 0 Å². The molecule has 2 aliphatic rings. The van der Waals surface area contributed by atoms with Crippen LogP contribution in [0, 0.1) is 5.41 Å². The van der Waals surface area contributed by atoms with E-state index in [1.54, 1.807) is 0 Å². The average Bonchev–Trinajstić information content (AvgIpc) is 3.04. The molecule has 2 atom stereocenters. The third-order valence-electron chi connectivity index (χ3n) is 4.48. The summed E-state index contributed by atoms with van der Waals surface area (Å²) >= 11 is 0. The van der Waals surface area contributed by atoms with Crippen LogP contribution in [0.3, 0.4) is 0 Å². The van der Waals surface area contributed by atoms with Crippen molar-refractivity contribution >= 4 is 0 Å². The van der Waals surface area contributed by atoms with Gasteiger partial charge in [0.25, 0.3) is 0 Å². The zero-order chi connectivity index (χ0) is 12.5. The Morgan fingerprint density at radius 1 is 1.18 bits per heavy atom. The van der Waals surface area contributed by atoms with Gasteiger partial charge in [-0.3, -0.25) is 4.90 Å². The van der Waals surface area contributed by atoms with Gasteiger partial charge < -0.3 is 5.32 Å². The van der Waals surface area contributed by atoms with E-state index in [0.717, 1.165) is 18.1 Å². The van der Waals surface area contributed by atoms with Crippen molar-refractivity contribution in [3.8, 4) is 0 Å². The minimum Gasteiger partial charge on any atom is -0.313 e. The molecule has 0 aromatic rings. The van der Waals surface area contributed by atoms with Gasteiger partial charge in [-0.05, 0) is 44.4 Å². The Morgan fingerprint density at radius 2 is 1.88 bits per heavy atom. The molecule has 0 aromatic heterocycles. The lowest BCUT2D eigenvalue weighted by Gasteiger charge is -2.36. The van der Waals surface area contributed by atoms with Crippen LogP contribution in [0.15, 0.2) is 0 Å². The summed E-state index contributed by atoms with van der Waals surface area (Å²) in [5, 5.41) is 3.69. The monoisotopic (exact) mass is 238 g/mol. The second-order valence-electron chi connectivity index (χ2n) is 6.98. The Kier molecular flexibility index (Phi) is 4.14. The molecular weight excluding hydrogens is 208 g/mol. The van der Waals surface area contributed by atoms with Gasteiger partial charge in [-0.2, -0.15) is 0 Å². The molecule has 0 amide bonds. The topological polar surface area (TPSA) is 15.3 Å². The largest absolute Gasteiger partial charge is 0.313 e. The highest BCUT2D eigenvalue weighted by atomic mass is 15.2. The van der Waals surface area contributed by atoms with E-state index in [0.29, 0.717) is 5.41 Å². The van der Waals surface area contributed by atoms with Crippen molar-refractivity contribution < 1.29 is 0 Å². The first-order valence-corrected chi connectivity index (χ1v) is 7.51. The molecule has 1 saturated heterocycles. The van der Waals surface area contributed by atoms with Gasteiger partial charge in [0.2, 0.25) is 0 Å². The van der Waals surface area contributed by atoms with Crippen LogP contribution < -0.4 is 5.32 Å². The second kappa shape index (κ2) is 5.27. The number of nitrogens with one attached hydrogen (secondary N) is 1. The van der Waals surface area contributed by atoms with E-state index in [-0.39, 0.29) is 0 Å². The van der Waals surface area contributed by atoms with Crippen molar-refractivity contribution in [2.75, 3.05) is 13.1 Å². The first kappa shape index (κ1) is 13.4. The highest BCUT2D eigenvalue weighted by molar-refractivity contribution is 4.90. The standard InChI is InChI=1S/C15H30N2/c1-5-14-9-6-12(2)17(14)11-15(3,4)10-16-13-7-8-13/h12-14,16H,5-11H2,1-4H3. The van der Waals surface area contributed by atoms with Gasteiger partial charge in [-0.15, -0.1) is 0 Å². The van der Waals surface area contributed by atoms with Gasteiger partial charge >= 0.3 is 0 Å². The van der Waals surface area contributed by atoms with Gasteiger partial charge in [-0.25, -0.2) is 0 Å². The molecule has 2 nitrogen and oxygen atoms in total. The van der Waals surface area contributed by atoms with Crippen LogP contribution in [0.2, 0.25) is 0 Å². The minimum atomic E-state index is 0.411. The van der Waals surface area contributed by atoms with Gasteiger partial charge in [0.05, 0.1) is 0 Å². The minimum absolute atomic E-state index is 0.411. The van der Waals surface area contributed by atoms with Gasteiger partial charge in [0, 0.05) is 31.2 Å². The van der Waals surface area contributed by atoms with Crippen molar-refractivity contribution in [3.63, 3.8) is 0 Å². The maximum atomic E-state index is 3.69. The summed E-state index contributed by atoms with van der Waals surface area (Å²) in [5.74, 6) is 0. The summed E-state index contributed by atoms with van der Waals surface area (Å²) in [6, 6.07) is 2.47. The van der Waals surface area contributed by atoms with Crippen LogP contribution in [0.25, 0.3) is 0 Å². The van der Waals surface area contributed by atoms with Crippen LogP contribution in [-0.4, -0.2) is 36.1 Å². The van der Waals surface area contributed by atoms with Crippen molar-refractivity contribution in [1.82, 2.24) is 10.2 Å². The summed E-state index contributed by atoms with van der Waals surface area (Å²) in [5.41, 5.74) is 0.411. The molecule has 1 N–H and O–H groups in total. The Balaban J connectivity index is 1.83. The third kappa shape index (κ3) is 3.69. The van der Waals surface area contributed by atoms with Gasteiger partial charge in [0.1, 0.15) is 0 Å². The SMILES string of the molecule is CCC1CCC(C)N1CC(C)(C)CNC1CC1. The molecule has 2 rings (SSSR count). The molecule has 1 saturated carbocycles. The molecule has 17 heavy (non-hydrogen) atoms. The predicted octanol–water partition coefficient (Wildman–Crippen LogP) is 3.03. The van der Waals surface area contributed by atoms with Crippen molar-refractivity contribution in [2.45, 2.75) is 77.9 Å². The fourth-order valence-electron chi connectivity index (χ4n) is 3.11. The summed E-state index contributed by atoms with van der Waals surface area (Å²) in [6.07, 6.45) is 6.91. The van der Waals surface area contributed by atoms with E-state index in [2.05, 4.69) is 37.9 Å². The average molecular weight is 238 g/mol. The molecule has 100 valence electrons. The van der Waals surface area contributed by atoms with Gasteiger partial charge in [0.15, 0.2) is 0 Å². The summed E-state index contributed by atoms with van der Waals surface area (Å²) in [6.45, 7) is 12.0. The molecular formula is C15H30N2. The van der Waals surface area contributed by atoms with Crippen LogP contribution in [0.1, 0.15) is 59.8 Å². The van der Waals surface area contributed by atoms with Crippen molar-refractivity contribution in [1.29, 1.82) is 0 Å². The first-order valence-electron chi connectivity index (χ1n) is 7.51. The Hall–Kier alpha value is -0.0800. The highest BCUT2D eigenvalue weighted by Crippen LogP contribution is 2.30. The maximum absolute atomic E-state index is 3.69. The van der Waals surface area contributed by atoms with Crippen molar-refractivity contribution in [3.05, 3.63) is 0 Å². The molecule has 0 spiro atoms. The quantitative estimate of drug-likeness (QED) is 0.765. The Bertz CT molecular complexity index is 245. The van der Waals surface area contributed by atoms with E-state index in [1.807, 2.05) is 0 Å². The molecule has 0 radical (unpaired) electrons. The smallest absolute Gasteiger partial charge is 0.00962 e. The van der Waals surface area contributed by atoms with Crippen molar-refractivity contribution in [2.24, 2.45) is 5.41 Å². The second-order valence-corrected chi connectivity index (χ2v) is 6.98. The zero-order valence-corrected chi connectivity index (χ0v) is 12.1. The lowest BCUT2D eigenvalue weighted by molar-refractivity contribution is 0.126. The third-order valence-corrected chi connectivity index (χ3v) is 4.48. The maximum Gasteiger partial charge on any atom is 0.00962 e. The lowest BCUT2D eigenvalue weighted by atomic mass is 9.91. The first-order chi connectivity index (χ1) is 8.02. The molecule has 2 unspecified atom stereocenters. The van der Waals surface area contributed by atoms with E-state index in [9.17, 15) is 0 Å². The molecule has 1 aliphatic heterocycles. The molecule has 0 bridgehead atoms. The molecule has 2 fully saturated rings. The van der Waals surface area contributed by atoms with E-state index in [4.69, 9.17) is 0 Å². The summed E-state index contributed by atoms with van der Waals surface area (Å²) < 4.78 is 0. The van der Waals surface area contributed by atoms with Crippen LogP contribution in [0.5, 0.6) is 0 Å². The molecule has 2 heteroatoms. The van der Waals surface area contributed by atoms with E-state index < -0.39 is 0 Å². The summed E-state index contributed by atoms with van der Waals surface area (Å²) in [4.78, 5) is 2.76. The van der Waals surface area contributed by atoms with E-state index in [1.165, 1.54) is 45.2 Å². The zero-order valence-electron chi connectivity index (χ0n) is 12.1. The van der Waals surface area contributed by atoms with Crippen LogP contribution >= 0.6 is 0 Å². The van der Waals surface area contributed by atoms with Crippen LogP contribution in [0.4, 0.5) is 0 Å². The number of hydrogen-bond acceptors (Lipinski definition) is 2. The molecule has 1 heterocycles. The lowest BCUT2D eigenvalue weighted by Crippen LogP contribution is -2.45. The predicted molar refractivity (Wildman–Crippen MR) is 74.3 cm³/mol. The molecule has 1 aliphatic carbocycles. The Morgan fingerprint density at radius 3 is 2.47 bits per heavy atom. The number of hydrogen-bond donors (Lipinski definition) is 1. The molecule has 0 aromatic carbocycles. The highest BCUT2D eigenvalue weighted by Gasteiger charge is 2.34. The fraction of sp³-hybridized carbons (Fsp3) is 1.00. The number of likely N-dealkylation sites (tertiary alicyclic amines) is 1. The number of rotatable bonds is 6. The normalized spacial score (nSPS) is 31.1. The number of nitrogens with zero attached hydrogens (tertiary/aromatic N) is 1. The fourth-order valence-corrected chi connectivity index (χ4v) is 3.11. The van der Waals surface area contributed by atoms with E-state index >= 15 is 0 Å².